The molecule has 3 heteroatoms. The average Bonchev–Trinajstić information content (AvgIpc) is 2.36. The van der Waals surface area contributed by atoms with Gasteiger partial charge in [0.15, 0.2) is 10.7 Å². The number of thioether (sulfide) groups is 1. The first-order chi connectivity index (χ1) is 6.48. The van der Waals surface area contributed by atoms with E-state index in [1.807, 2.05) is 32.0 Å². The van der Waals surface area contributed by atoms with Crippen LogP contribution in [0, 0.1) is 0 Å². The highest BCUT2D eigenvalue weighted by molar-refractivity contribution is 8.00. The van der Waals surface area contributed by atoms with E-state index >= 15 is 0 Å². The fourth-order valence-electron chi connectivity index (χ4n) is 1.44. The smallest absolute Gasteiger partial charge is 0.159 e. The van der Waals surface area contributed by atoms with Crippen molar-refractivity contribution in [3.63, 3.8) is 0 Å². The lowest BCUT2D eigenvalue weighted by Crippen LogP contribution is -2.17. The molecular weight excluding hydrogens is 196 g/mol. The summed E-state index contributed by atoms with van der Waals surface area (Å²) >= 11 is 1.65. The van der Waals surface area contributed by atoms with Gasteiger partial charge in [0.2, 0.25) is 0 Å². The molecule has 1 aromatic rings. The zero-order valence-electron chi connectivity index (χ0n) is 8.46. The second kappa shape index (κ2) is 3.02. The monoisotopic (exact) mass is 208 g/mol. The molecule has 0 fully saturated rings. The number of carbonyl (C=O) groups excluding carboxylic acids is 1. The molecule has 0 saturated heterocycles. The third-order valence-electron chi connectivity index (χ3n) is 2.06. The molecule has 1 heterocycles. The summed E-state index contributed by atoms with van der Waals surface area (Å²) in [7, 11) is 0. The van der Waals surface area contributed by atoms with Gasteiger partial charge in [0.1, 0.15) is 5.75 Å². The van der Waals surface area contributed by atoms with Crippen LogP contribution in [-0.2, 0) is 0 Å². The minimum atomic E-state index is -0.211. The van der Waals surface area contributed by atoms with E-state index in [9.17, 15) is 4.79 Å². The van der Waals surface area contributed by atoms with Gasteiger partial charge in [-0.2, -0.15) is 0 Å². The molecule has 0 aromatic heterocycles. The predicted octanol–water partition coefficient (Wildman–Crippen LogP) is 3.11. The SMILES string of the molecule is CC(=O)c1ccc2c(c1)SC(C)(C)O2. The molecule has 14 heavy (non-hydrogen) atoms. The van der Waals surface area contributed by atoms with E-state index in [0.29, 0.717) is 0 Å². The zero-order chi connectivity index (χ0) is 10.3. The molecule has 0 radical (unpaired) electrons. The Balaban J connectivity index is 2.40. The summed E-state index contributed by atoms with van der Waals surface area (Å²) in [5.41, 5.74) is 0.748. The van der Waals surface area contributed by atoms with Crippen LogP contribution < -0.4 is 4.74 Å². The van der Waals surface area contributed by atoms with E-state index < -0.39 is 0 Å². The summed E-state index contributed by atoms with van der Waals surface area (Å²) in [4.78, 5) is 12.0. The Bertz CT molecular complexity index is 396. The van der Waals surface area contributed by atoms with Crippen LogP contribution in [0.4, 0.5) is 0 Å². The summed E-state index contributed by atoms with van der Waals surface area (Å²) in [6.07, 6.45) is 0. The number of carbonyl (C=O) groups is 1. The standard InChI is InChI=1S/C11H12O2S/c1-7(12)8-4-5-9-10(6-8)14-11(2,3)13-9/h4-6H,1-3H3. The lowest BCUT2D eigenvalue weighted by Gasteiger charge is -2.15. The molecule has 0 aliphatic carbocycles. The average molecular weight is 208 g/mol. The lowest BCUT2D eigenvalue weighted by atomic mass is 10.1. The van der Waals surface area contributed by atoms with E-state index in [0.717, 1.165) is 16.2 Å². The minimum absolute atomic E-state index is 0.0955. The number of ether oxygens (including phenoxy) is 1. The Morgan fingerprint density at radius 1 is 1.43 bits per heavy atom. The Labute approximate surface area is 87.6 Å². The number of ketones is 1. The van der Waals surface area contributed by atoms with Gasteiger partial charge in [0, 0.05) is 5.56 Å². The molecule has 0 atom stereocenters. The molecule has 0 spiro atoms. The summed E-state index contributed by atoms with van der Waals surface area (Å²) in [6, 6.07) is 5.58. The van der Waals surface area contributed by atoms with E-state index in [-0.39, 0.29) is 10.7 Å². The fraction of sp³-hybridized carbons (Fsp3) is 0.364. The first-order valence-electron chi connectivity index (χ1n) is 4.51. The maximum Gasteiger partial charge on any atom is 0.159 e. The maximum absolute atomic E-state index is 11.2. The Morgan fingerprint density at radius 3 is 2.79 bits per heavy atom. The zero-order valence-corrected chi connectivity index (χ0v) is 9.27. The molecule has 0 unspecified atom stereocenters. The van der Waals surface area contributed by atoms with Crippen molar-refractivity contribution < 1.29 is 9.53 Å². The van der Waals surface area contributed by atoms with Crippen LogP contribution in [0.15, 0.2) is 23.1 Å². The number of hydrogen-bond donors (Lipinski definition) is 0. The molecule has 0 saturated carbocycles. The van der Waals surface area contributed by atoms with Gasteiger partial charge in [-0.1, -0.05) is 11.8 Å². The maximum atomic E-state index is 11.2. The van der Waals surface area contributed by atoms with Crippen molar-refractivity contribution in [1.82, 2.24) is 0 Å². The first-order valence-corrected chi connectivity index (χ1v) is 5.33. The second-order valence-corrected chi connectivity index (χ2v) is 5.45. The normalized spacial score (nSPS) is 17.4. The molecule has 2 nitrogen and oxygen atoms in total. The summed E-state index contributed by atoms with van der Waals surface area (Å²) in [6.45, 7) is 5.61. The third kappa shape index (κ3) is 1.64. The Kier molecular flexibility index (Phi) is 2.07. The molecule has 0 bridgehead atoms. The van der Waals surface area contributed by atoms with Crippen molar-refractivity contribution in [3.05, 3.63) is 23.8 Å². The molecule has 0 amide bonds. The van der Waals surface area contributed by atoms with Crippen LogP contribution in [0.3, 0.4) is 0 Å². The highest BCUT2D eigenvalue weighted by Crippen LogP contribution is 2.47. The van der Waals surface area contributed by atoms with Crippen molar-refractivity contribution in [3.8, 4) is 5.75 Å². The summed E-state index contributed by atoms with van der Waals surface area (Å²) in [5.74, 6) is 0.975. The molecule has 1 aliphatic rings. The van der Waals surface area contributed by atoms with Gasteiger partial charge >= 0.3 is 0 Å². The Morgan fingerprint density at radius 2 is 2.14 bits per heavy atom. The van der Waals surface area contributed by atoms with Crippen molar-refractivity contribution in [2.24, 2.45) is 0 Å². The molecule has 1 aromatic carbocycles. The molecule has 1 aliphatic heterocycles. The van der Waals surface area contributed by atoms with Gasteiger partial charge in [-0.05, 0) is 39.0 Å². The molecular formula is C11H12O2S. The number of benzene rings is 1. The number of fused-ring (bicyclic) bond motifs is 1. The first kappa shape index (κ1) is 9.59. The van der Waals surface area contributed by atoms with Crippen LogP contribution >= 0.6 is 11.8 Å². The summed E-state index contributed by atoms with van der Waals surface area (Å²) < 4.78 is 5.68. The van der Waals surface area contributed by atoms with Crippen molar-refractivity contribution >= 4 is 17.5 Å². The summed E-state index contributed by atoms with van der Waals surface area (Å²) in [5, 5.41) is 0. The van der Waals surface area contributed by atoms with Gasteiger partial charge in [0.05, 0.1) is 4.90 Å². The van der Waals surface area contributed by atoms with Gasteiger partial charge in [-0.3, -0.25) is 4.79 Å². The van der Waals surface area contributed by atoms with Gasteiger partial charge in [-0.15, -0.1) is 0 Å². The van der Waals surface area contributed by atoms with E-state index in [2.05, 4.69) is 0 Å². The molecule has 74 valence electrons. The van der Waals surface area contributed by atoms with Crippen molar-refractivity contribution in [2.75, 3.05) is 0 Å². The molecule has 0 N–H and O–H groups in total. The Hall–Kier alpha value is -0.960. The number of Topliss-reactive ketones (excluding diaryl/α,β-unsaturated/α-hetero) is 1. The van der Waals surface area contributed by atoms with Crippen LogP contribution in [-0.4, -0.2) is 10.7 Å². The fourth-order valence-corrected chi connectivity index (χ4v) is 2.50. The van der Waals surface area contributed by atoms with Crippen LogP contribution in [0.25, 0.3) is 0 Å². The van der Waals surface area contributed by atoms with E-state index in [1.165, 1.54) is 0 Å². The quantitative estimate of drug-likeness (QED) is 0.663. The second-order valence-electron chi connectivity index (χ2n) is 3.82. The minimum Gasteiger partial charge on any atom is -0.476 e. The van der Waals surface area contributed by atoms with E-state index in [1.54, 1.807) is 18.7 Å². The van der Waals surface area contributed by atoms with Crippen LogP contribution in [0.5, 0.6) is 5.75 Å². The van der Waals surface area contributed by atoms with Crippen LogP contribution in [0.1, 0.15) is 31.1 Å². The lowest BCUT2D eigenvalue weighted by molar-refractivity contribution is 0.101. The van der Waals surface area contributed by atoms with Crippen molar-refractivity contribution in [2.45, 2.75) is 30.6 Å². The van der Waals surface area contributed by atoms with Crippen LogP contribution in [0.2, 0.25) is 0 Å². The number of hydrogen-bond acceptors (Lipinski definition) is 3. The number of rotatable bonds is 1. The highest BCUT2D eigenvalue weighted by Gasteiger charge is 2.31. The molecule has 2 rings (SSSR count). The van der Waals surface area contributed by atoms with E-state index in [4.69, 9.17) is 4.74 Å². The topological polar surface area (TPSA) is 26.3 Å². The third-order valence-corrected chi connectivity index (χ3v) is 3.18. The largest absolute Gasteiger partial charge is 0.476 e. The van der Waals surface area contributed by atoms with Crippen molar-refractivity contribution in [1.29, 1.82) is 0 Å². The highest BCUT2D eigenvalue weighted by atomic mass is 32.2. The van der Waals surface area contributed by atoms with Gasteiger partial charge < -0.3 is 4.74 Å². The predicted molar refractivity (Wildman–Crippen MR) is 57.0 cm³/mol. The van der Waals surface area contributed by atoms with Gasteiger partial charge in [0.25, 0.3) is 0 Å². The van der Waals surface area contributed by atoms with Gasteiger partial charge in [-0.25, -0.2) is 0 Å².